The van der Waals surface area contributed by atoms with E-state index >= 15 is 0 Å². The number of hydrogen-bond donors (Lipinski definition) is 1. The minimum Gasteiger partial charge on any atom is -0.326 e. The molecule has 1 aromatic heterocycles. The van der Waals surface area contributed by atoms with Crippen molar-refractivity contribution >= 4 is 20.9 Å². The topological polar surface area (TPSA) is 76.3 Å². The zero-order valence-corrected chi connectivity index (χ0v) is 14.2. The predicted octanol–water partition coefficient (Wildman–Crippen LogP) is 2.27. The molecule has 1 aliphatic rings. The minimum atomic E-state index is -3.41. The van der Waals surface area contributed by atoms with Crippen LogP contribution in [-0.2, 0) is 15.8 Å². The Morgan fingerprint density at radius 3 is 2.87 bits per heavy atom. The molecule has 2 N–H and O–H groups in total. The van der Waals surface area contributed by atoms with Gasteiger partial charge in [-0.2, -0.15) is 4.31 Å². The largest absolute Gasteiger partial charge is 0.326 e. The lowest BCUT2D eigenvalue weighted by molar-refractivity contribution is 0.227. The van der Waals surface area contributed by atoms with Gasteiger partial charge in [0, 0.05) is 30.2 Å². The number of piperidine rings is 1. The fourth-order valence-electron chi connectivity index (χ4n) is 3.36. The van der Waals surface area contributed by atoms with Crippen molar-refractivity contribution in [3.8, 4) is 0 Å². The number of pyridine rings is 1. The summed E-state index contributed by atoms with van der Waals surface area (Å²) in [4.78, 5) is 4.36. The van der Waals surface area contributed by atoms with Crippen LogP contribution < -0.4 is 5.73 Å². The van der Waals surface area contributed by atoms with E-state index in [9.17, 15) is 8.42 Å². The highest BCUT2D eigenvalue weighted by Gasteiger charge is 2.34. The lowest BCUT2D eigenvalue weighted by Gasteiger charge is -2.37. The van der Waals surface area contributed by atoms with Gasteiger partial charge in [-0.1, -0.05) is 30.7 Å². The summed E-state index contributed by atoms with van der Waals surface area (Å²) in [6, 6.07) is 9.23. The molecule has 2 heterocycles. The molecule has 6 heteroatoms. The van der Waals surface area contributed by atoms with Gasteiger partial charge < -0.3 is 5.73 Å². The molecule has 23 heavy (non-hydrogen) atoms. The van der Waals surface area contributed by atoms with Crippen LogP contribution in [0, 0.1) is 0 Å². The molecule has 5 nitrogen and oxygen atoms in total. The van der Waals surface area contributed by atoms with Gasteiger partial charge in [0.1, 0.15) is 0 Å². The average molecular weight is 333 g/mol. The van der Waals surface area contributed by atoms with Gasteiger partial charge >= 0.3 is 0 Å². The van der Waals surface area contributed by atoms with E-state index in [0.29, 0.717) is 6.54 Å². The van der Waals surface area contributed by atoms with Gasteiger partial charge in [-0.25, -0.2) is 8.42 Å². The van der Waals surface area contributed by atoms with E-state index in [1.165, 1.54) is 0 Å². The average Bonchev–Trinajstić information content (AvgIpc) is 2.55. The predicted molar refractivity (Wildman–Crippen MR) is 92.4 cm³/mol. The Bertz CT molecular complexity index is 784. The Morgan fingerprint density at radius 2 is 2.09 bits per heavy atom. The molecule has 1 aromatic carbocycles. The van der Waals surface area contributed by atoms with Gasteiger partial charge in [0.25, 0.3) is 0 Å². The van der Waals surface area contributed by atoms with Gasteiger partial charge in [0.05, 0.1) is 11.3 Å². The number of sulfonamides is 1. The normalized spacial score (nSPS) is 21.4. The van der Waals surface area contributed by atoms with Crippen LogP contribution in [0.2, 0.25) is 0 Å². The van der Waals surface area contributed by atoms with Crippen molar-refractivity contribution in [2.75, 3.05) is 6.54 Å². The fraction of sp³-hybridized carbons (Fsp3) is 0.471. The lowest BCUT2D eigenvalue weighted by atomic mass is 10.00. The first-order valence-electron chi connectivity index (χ1n) is 8.07. The van der Waals surface area contributed by atoms with Crippen LogP contribution in [0.15, 0.2) is 36.5 Å². The van der Waals surface area contributed by atoms with Crippen LogP contribution >= 0.6 is 0 Å². The Morgan fingerprint density at radius 1 is 1.30 bits per heavy atom. The third-order valence-corrected chi connectivity index (χ3v) is 6.36. The van der Waals surface area contributed by atoms with E-state index in [1.54, 1.807) is 10.5 Å². The summed E-state index contributed by atoms with van der Waals surface area (Å²) in [5.74, 6) is -0.0232. The maximum absolute atomic E-state index is 13.0. The molecule has 1 saturated heterocycles. The van der Waals surface area contributed by atoms with Crippen LogP contribution in [0.3, 0.4) is 0 Å². The molecule has 0 spiro atoms. The highest BCUT2D eigenvalue weighted by atomic mass is 32.2. The zero-order chi connectivity index (χ0) is 16.4. The first kappa shape index (κ1) is 16.4. The molecular formula is C17H23N3O2S. The number of nitrogens with two attached hydrogens (primary N) is 1. The Balaban J connectivity index is 1.93. The molecule has 0 saturated carbocycles. The summed E-state index contributed by atoms with van der Waals surface area (Å²) in [5.41, 5.74) is 7.52. The maximum atomic E-state index is 13.0. The van der Waals surface area contributed by atoms with Gasteiger partial charge in [-0.05, 0) is 31.4 Å². The van der Waals surface area contributed by atoms with Crippen LogP contribution in [0.5, 0.6) is 0 Å². The highest BCUT2D eigenvalue weighted by Crippen LogP contribution is 2.26. The van der Waals surface area contributed by atoms with Crippen molar-refractivity contribution < 1.29 is 8.42 Å². The number of aromatic nitrogens is 1. The Labute approximate surface area is 137 Å². The second-order valence-electron chi connectivity index (χ2n) is 6.28. The number of rotatable bonds is 4. The van der Waals surface area contributed by atoms with Crippen molar-refractivity contribution in [1.29, 1.82) is 0 Å². The molecule has 1 fully saturated rings. The van der Waals surface area contributed by atoms with E-state index in [-0.39, 0.29) is 17.8 Å². The van der Waals surface area contributed by atoms with E-state index < -0.39 is 10.0 Å². The van der Waals surface area contributed by atoms with Crippen molar-refractivity contribution in [2.45, 2.75) is 44.0 Å². The molecule has 0 amide bonds. The minimum absolute atomic E-state index is 0.0232. The summed E-state index contributed by atoms with van der Waals surface area (Å²) < 4.78 is 27.5. The molecule has 2 aromatic rings. The highest BCUT2D eigenvalue weighted by molar-refractivity contribution is 7.88. The standard InChI is InChI=1S/C17H23N3O2S/c1-13(18)16-9-2-3-11-20(16)23(21,22)12-15-7-4-6-14-8-5-10-19-17(14)15/h4-8,10,13,16H,2-3,9,11-12,18H2,1H3. The first-order chi connectivity index (χ1) is 11.0. The molecular weight excluding hydrogens is 310 g/mol. The third kappa shape index (κ3) is 3.39. The summed E-state index contributed by atoms with van der Waals surface area (Å²) >= 11 is 0. The molecule has 124 valence electrons. The number of para-hydroxylation sites is 1. The Hall–Kier alpha value is -1.50. The van der Waals surface area contributed by atoms with Gasteiger partial charge in [-0.15, -0.1) is 0 Å². The van der Waals surface area contributed by atoms with Crippen molar-refractivity contribution in [1.82, 2.24) is 9.29 Å². The van der Waals surface area contributed by atoms with Gasteiger partial charge in [-0.3, -0.25) is 4.98 Å². The number of nitrogens with zero attached hydrogens (tertiary/aromatic N) is 2. The van der Waals surface area contributed by atoms with Crippen LogP contribution in [-0.4, -0.2) is 36.3 Å². The Kier molecular flexibility index (Phi) is 4.66. The second kappa shape index (κ2) is 6.55. The van der Waals surface area contributed by atoms with Gasteiger partial charge in [0.15, 0.2) is 0 Å². The molecule has 3 rings (SSSR count). The molecule has 1 aliphatic heterocycles. The van der Waals surface area contributed by atoms with Crippen LogP contribution in [0.4, 0.5) is 0 Å². The third-order valence-electron chi connectivity index (χ3n) is 4.52. The smallest absolute Gasteiger partial charge is 0.218 e. The van der Waals surface area contributed by atoms with Crippen molar-refractivity contribution in [2.24, 2.45) is 5.73 Å². The summed E-state index contributed by atoms with van der Waals surface area (Å²) in [7, 11) is -3.41. The molecule has 0 radical (unpaired) electrons. The van der Waals surface area contributed by atoms with Crippen molar-refractivity contribution in [3.05, 3.63) is 42.1 Å². The summed E-state index contributed by atoms with van der Waals surface area (Å²) in [5, 5.41) is 0.961. The van der Waals surface area contributed by atoms with Crippen LogP contribution in [0.25, 0.3) is 10.9 Å². The number of hydrogen-bond acceptors (Lipinski definition) is 4. The van der Waals surface area contributed by atoms with Crippen LogP contribution in [0.1, 0.15) is 31.7 Å². The molecule has 0 aliphatic carbocycles. The number of benzene rings is 1. The van der Waals surface area contributed by atoms with Gasteiger partial charge in [0.2, 0.25) is 10.0 Å². The second-order valence-corrected chi connectivity index (χ2v) is 8.20. The van der Waals surface area contributed by atoms with E-state index in [0.717, 1.165) is 35.7 Å². The van der Waals surface area contributed by atoms with E-state index in [4.69, 9.17) is 5.73 Å². The first-order valence-corrected chi connectivity index (χ1v) is 9.68. The fourth-order valence-corrected chi connectivity index (χ4v) is 5.27. The molecule has 2 atom stereocenters. The maximum Gasteiger partial charge on any atom is 0.218 e. The van der Waals surface area contributed by atoms with E-state index in [1.807, 2.05) is 37.3 Å². The summed E-state index contributed by atoms with van der Waals surface area (Å²) in [6.45, 7) is 2.45. The quantitative estimate of drug-likeness (QED) is 0.931. The lowest BCUT2D eigenvalue weighted by Crippen LogP contribution is -2.51. The summed E-state index contributed by atoms with van der Waals surface area (Å²) in [6.07, 6.45) is 4.47. The number of fused-ring (bicyclic) bond motifs is 1. The SMILES string of the molecule is CC(N)C1CCCCN1S(=O)(=O)Cc1cccc2cccnc12. The van der Waals surface area contributed by atoms with E-state index in [2.05, 4.69) is 4.98 Å². The zero-order valence-electron chi connectivity index (χ0n) is 13.4. The van der Waals surface area contributed by atoms with Crippen molar-refractivity contribution in [3.63, 3.8) is 0 Å². The molecule has 0 bridgehead atoms. The molecule has 2 unspecified atom stereocenters. The monoisotopic (exact) mass is 333 g/mol.